The normalized spacial score (nSPS) is 16.6. The van der Waals surface area contributed by atoms with Crippen molar-refractivity contribution in [3.05, 3.63) is 0 Å². The Balaban J connectivity index is 6.00. The minimum atomic E-state index is -0.493. The van der Waals surface area contributed by atoms with Crippen LogP contribution in [-0.2, 0) is 0 Å². The number of likely N-dealkylation sites (N-methyl/N-ethyl adjacent to an activating group) is 4. The van der Waals surface area contributed by atoms with Crippen LogP contribution in [0, 0.1) is 0 Å². The molecule has 0 aliphatic carbocycles. The highest BCUT2D eigenvalue weighted by atomic mass is 16.3. The SMILES string of the molecule is CC(C)N(CCN(CCN(CC(O)C[N+](C)(C)C)CC(O)C[N+](C)(C)C)CCN(CC(O)C[N+](C)(C)C)C(C)C)CC(O)C[N+](C)(C)C. The lowest BCUT2D eigenvalue weighted by molar-refractivity contribution is -0.873. The molecule has 0 fully saturated rings. The summed E-state index contributed by atoms with van der Waals surface area (Å²) in [5.41, 5.74) is 0. The van der Waals surface area contributed by atoms with Crippen LogP contribution in [0.15, 0.2) is 0 Å². The third-order valence-electron chi connectivity index (χ3n) is 8.46. The van der Waals surface area contributed by atoms with Crippen LogP contribution in [0.4, 0.5) is 0 Å². The maximum Gasteiger partial charge on any atom is 0.115 e. The van der Waals surface area contributed by atoms with Crippen molar-refractivity contribution >= 4 is 0 Å². The van der Waals surface area contributed by atoms with E-state index in [1.54, 1.807) is 0 Å². The molecular formula is C36H86N8O4+4. The summed E-state index contributed by atoms with van der Waals surface area (Å²) in [5.74, 6) is 0. The number of aliphatic hydroxyl groups is 4. The summed E-state index contributed by atoms with van der Waals surface area (Å²) in [6.07, 6.45) is -1.79. The van der Waals surface area contributed by atoms with Crippen molar-refractivity contribution in [2.24, 2.45) is 0 Å². The van der Waals surface area contributed by atoms with Crippen LogP contribution in [0.25, 0.3) is 0 Å². The zero-order valence-corrected chi connectivity index (χ0v) is 34.7. The van der Waals surface area contributed by atoms with E-state index in [-0.39, 0.29) is 0 Å². The lowest BCUT2D eigenvalue weighted by Gasteiger charge is -2.37. The Morgan fingerprint density at radius 2 is 0.583 bits per heavy atom. The second-order valence-electron chi connectivity index (χ2n) is 19.3. The van der Waals surface area contributed by atoms with Gasteiger partial charge in [0.1, 0.15) is 50.6 Å². The van der Waals surface area contributed by atoms with Gasteiger partial charge in [0.2, 0.25) is 0 Å². The molecule has 0 aliphatic heterocycles. The Bertz CT molecular complexity index is 772. The average molecular weight is 695 g/mol. The third-order valence-corrected chi connectivity index (χ3v) is 8.46. The molecule has 12 heteroatoms. The van der Waals surface area contributed by atoms with Gasteiger partial charge >= 0.3 is 0 Å². The van der Waals surface area contributed by atoms with Crippen molar-refractivity contribution in [2.75, 3.05) is 176 Å². The molecule has 0 aromatic heterocycles. The van der Waals surface area contributed by atoms with E-state index in [9.17, 15) is 20.4 Å². The van der Waals surface area contributed by atoms with Crippen molar-refractivity contribution < 1.29 is 38.4 Å². The van der Waals surface area contributed by atoms with Crippen molar-refractivity contribution in [3.8, 4) is 0 Å². The van der Waals surface area contributed by atoms with Gasteiger partial charge in [-0.15, -0.1) is 0 Å². The first-order valence-corrected chi connectivity index (χ1v) is 18.4. The van der Waals surface area contributed by atoms with E-state index in [2.05, 4.69) is 132 Å². The quantitative estimate of drug-likeness (QED) is 0.0839. The van der Waals surface area contributed by atoms with E-state index >= 15 is 0 Å². The summed E-state index contributed by atoms with van der Waals surface area (Å²) in [6, 6.07) is 0.610. The van der Waals surface area contributed by atoms with Gasteiger partial charge in [0.05, 0.1) is 84.6 Å². The molecule has 0 spiro atoms. The first-order valence-electron chi connectivity index (χ1n) is 18.4. The van der Waals surface area contributed by atoms with E-state index in [1.807, 2.05) is 0 Å². The molecule has 4 N–H and O–H groups in total. The van der Waals surface area contributed by atoms with E-state index in [0.717, 1.165) is 48.2 Å². The van der Waals surface area contributed by atoms with Gasteiger partial charge in [-0.2, -0.15) is 0 Å². The van der Waals surface area contributed by atoms with Crippen LogP contribution >= 0.6 is 0 Å². The third kappa shape index (κ3) is 26.3. The lowest BCUT2D eigenvalue weighted by Crippen LogP contribution is -2.52. The average Bonchev–Trinajstić information content (AvgIpc) is 2.81. The smallest absolute Gasteiger partial charge is 0.115 e. The van der Waals surface area contributed by atoms with Gasteiger partial charge in [-0.1, -0.05) is 0 Å². The molecule has 12 nitrogen and oxygen atoms in total. The number of quaternary nitrogens is 4. The summed E-state index contributed by atoms with van der Waals surface area (Å²) in [7, 11) is 25.3. The first-order chi connectivity index (χ1) is 21.5. The van der Waals surface area contributed by atoms with Crippen molar-refractivity contribution in [1.82, 2.24) is 19.6 Å². The monoisotopic (exact) mass is 695 g/mol. The van der Waals surface area contributed by atoms with Gasteiger partial charge in [0.15, 0.2) is 0 Å². The van der Waals surface area contributed by atoms with Crippen LogP contribution < -0.4 is 0 Å². The van der Waals surface area contributed by atoms with Crippen LogP contribution in [0.2, 0.25) is 0 Å². The van der Waals surface area contributed by atoms with E-state index in [1.165, 1.54) is 0 Å². The van der Waals surface area contributed by atoms with Gasteiger partial charge < -0.3 is 38.4 Å². The topological polar surface area (TPSA) is 93.9 Å². The second-order valence-corrected chi connectivity index (χ2v) is 19.3. The lowest BCUT2D eigenvalue weighted by atomic mass is 10.2. The van der Waals surface area contributed by atoms with Crippen LogP contribution in [0.3, 0.4) is 0 Å². The molecule has 0 radical (unpaired) electrons. The van der Waals surface area contributed by atoms with E-state index in [4.69, 9.17) is 0 Å². The molecule has 0 aromatic rings. The molecular weight excluding hydrogens is 608 g/mol. The standard InChI is InChI=1S/C36H86N8O4/c1-31(2)39(25-35(47)29-43(11,12)13)21-19-37(20-22-40(32(3)4)26-36(48)30-44(14,15)16)17-18-38(23-33(45)27-41(5,6)7)24-34(46)28-42(8,9)10/h31-36,45-48H,17-30H2,1-16H3/q+4. The fourth-order valence-corrected chi connectivity index (χ4v) is 6.43. The van der Waals surface area contributed by atoms with Crippen LogP contribution in [0.1, 0.15) is 27.7 Å². The molecule has 4 atom stereocenters. The van der Waals surface area contributed by atoms with Crippen molar-refractivity contribution in [1.29, 1.82) is 0 Å². The molecule has 4 unspecified atom stereocenters. The maximum atomic E-state index is 11.0. The highest BCUT2D eigenvalue weighted by molar-refractivity contribution is 4.76. The highest BCUT2D eigenvalue weighted by Crippen LogP contribution is 2.09. The molecule has 0 amide bonds. The Kier molecular flexibility index (Phi) is 20.9. The molecule has 290 valence electrons. The van der Waals surface area contributed by atoms with Gasteiger partial charge in [-0.25, -0.2) is 0 Å². The van der Waals surface area contributed by atoms with Crippen molar-refractivity contribution in [2.45, 2.75) is 64.2 Å². The molecule has 0 aliphatic rings. The Morgan fingerprint density at radius 3 is 0.833 bits per heavy atom. The number of rotatable bonds is 27. The number of hydrogen-bond acceptors (Lipinski definition) is 8. The summed E-state index contributed by atoms with van der Waals surface area (Å²) < 4.78 is 2.80. The molecule has 0 heterocycles. The number of hydrogen-bond donors (Lipinski definition) is 4. The molecule has 0 saturated heterocycles. The Morgan fingerprint density at radius 1 is 0.354 bits per heavy atom. The van der Waals surface area contributed by atoms with Gasteiger partial charge in [-0.05, 0) is 27.7 Å². The maximum absolute atomic E-state index is 11.0. The van der Waals surface area contributed by atoms with Crippen LogP contribution in [0.5, 0.6) is 0 Å². The van der Waals surface area contributed by atoms with Crippen LogP contribution in [-0.4, -0.2) is 271 Å². The minimum Gasteiger partial charge on any atom is -0.386 e. The number of aliphatic hydroxyl groups excluding tert-OH is 4. The number of nitrogens with zero attached hydrogens (tertiary/aromatic N) is 8. The fourth-order valence-electron chi connectivity index (χ4n) is 6.43. The summed E-state index contributed by atoms with van der Waals surface area (Å²) in [6.45, 7) is 18.7. The second kappa shape index (κ2) is 21.1. The minimum absolute atomic E-state index is 0.305. The first kappa shape index (κ1) is 47.5. The fraction of sp³-hybridized carbons (Fsp3) is 1.00. The summed E-state index contributed by atoms with van der Waals surface area (Å²) in [4.78, 5) is 9.50. The zero-order chi connectivity index (χ0) is 37.7. The molecule has 0 saturated carbocycles. The Hall–Kier alpha value is -0.480. The molecule has 0 bridgehead atoms. The summed E-state index contributed by atoms with van der Waals surface area (Å²) in [5, 5.41) is 43.9. The highest BCUT2D eigenvalue weighted by Gasteiger charge is 2.26. The van der Waals surface area contributed by atoms with Gasteiger partial charge in [0, 0.05) is 77.5 Å². The predicted molar refractivity (Wildman–Crippen MR) is 202 cm³/mol. The van der Waals surface area contributed by atoms with Gasteiger partial charge in [-0.3, -0.25) is 19.6 Å². The van der Waals surface area contributed by atoms with E-state index in [0.29, 0.717) is 73.4 Å². The molecule has 0 rings (SSSR count). The predicted octanol–water partition coefficient (Wildman–Crippen LogP) is -0.720. The van der Waals surface area contributed by atoms with E-state index < -0.39 is 24.4 Å². The van der Waals surface area contributed by atoms with Crippen molar-refractivity contribution in [3.63, 3.8) is 0 Å². The van der Waals surface area contributed by atoms with Gasteiger partial charge in [0.25, 0.3) is 0 Å². The largest absolute Gasteiger partial charge is 0.386 e. The Labute approximate surface area is 298 Å². The summed E-state index contributed by atoms with van der Waals surface area (Å²) >= 11 is 0. The molecule has 0 aromatic carbocycles. The molecule has 48 heavy (non-hydrogen) atoms. The zero-order valence-electron chi connectivity index (χ0n) is 34.7.